The number of aryl methyl sites for hydroxylation is 3. The highest BCUT2D eigenvalue weighted by atomic mass is 32.1. The van der Waals surface area contributed by atoms with Crippen molar-refractivity contribution in [2.75, 3.05) is 0 Å². The normalized spacial score (nSPS) is 11.1. The number of benzene rings is 1. The highest BCUT2D eigenvalue weighted by Crippen LogP contribution is 2.26. The molecule has 0 unspecified atom stereocenters. The molecule has 142 valence electrons. The van der Waals surface area contributed by atoms with Crippen molar-refractivity contribution >= 4 is 44.3 Å². The number of hydrogen-bond acceptors (Lipinski definition) is 5. The minimum absolute atomic E-state index is 0.211. The molecule has 8 nitrogen and oxygen atoms in total. The lowest BCUT2D eigenvalue weighted by atomic mass is 10.2. The molecular weight excluding hydrogens is 378 g/mol. The largest absolute Gasteiger partial charge is 0.350 e. The summed E-state index contributed by atoms with van der Waals surface area (Å²) in [7, 11) is 3.46. The summed E-state index contributed by atoms with van der Waals surface area (Å²) in [5.74, 6) is -0.908. The molecule has 0 atom stereocenters. The van der Waals surface area contributed by atoms with Crippen LogP contribution >= 0.6 is 11.3 Å². The molecule has 0 saturated heterocycles. The number of nitrogens with one attached hydrogen (secondary N) is 2. The van der Waals surface area contributed by atoms with Crippen LogP contribution in [-0.2, 0) is 14.1 Å². The van der Waals surface area contributed by atoms with Crippen LogP contribution in [0.3, 0.4) is 0 Å². The molecule has 4 rings (SSSR count). The van der Waals surface area contributed by atoms with Gasteiger partial charge in [0.05, 0.1) is 22.2 Å². The Morgan fingerprint density at radius 3 is 2.57 bits per heavy atom. The summed E-state index contributed by atoms with van der Waals surface area (Å²) in [5, 5.41) is 1.21. The first-order chi connectivity index (χ1) is 13.4. The Kier molecular flexibility index (Phi) is 4.23. The van der Waals surface area contributed by atoms with Crippen molar-refractivity contribution in [3.63, 3.8) is 0 Å². The standard InChI is InChI=1S/C19H17N5O3S/c1-10-14-18(20-9-24(3)19(14)27)28-15(10)17(26)22-21-16(25)12-8-23(2)13-7-5-4-6-11(12)13/h4-9H,1-3H3,(H,21,25)(H,22,26). The third kappa shape index (κ3) is 2.76. The first-order valence-corrected chi connectivity index (χ1v) is 9.29. The van der Waals surface area contributed by atoms with Gasteiger partial charge in [-0.3, -0.25) is 25.2 Å². The second-order valence-corrected chi connectivity index (χ2v) is 7.48. The summed E-state index contributed by atoms with van der Waals surface area (Å²) in [6, 6.07) is 7.52. The van der Waals surface area contributed by atoms with Crippen LogP contribution in [0.5, 0.6) is 0 Å². The highest BCUT2D eigenvalue weighted by molar-refractivity contribution is 7.20. The van der Waals surface area contributed by atoms with E-state index in [9.17, 15) is 14.4 Å². The Labute approximate surface area is 163 Å². The Balaban J connectivity index is 1.58. The predicted molar refractivity (Wildman–Crippen MR) is 107 cm³/mol. The van der Waals surface area contributed by atoms with Crippen LogP contribution in [0.15, 0.2) is 41.6 Å². The Morgan fingerprint density at radius 1 is 1.07 bits per heavy atom. The zero-order chi connectivity index (χ0) is 20.0. The molecule has 0 aliphatic carbocycles. The summed E-state index contributed by atoms with van der Waals surface area (Å²) < 4.78 is 3.22. The van der Waals surface area contributed by atoms with Gasteiger partial charge >= 0.3 is 0 Å². The van der Waals surface area contributed by atoms with Gasteiger partial charge in [0, 0.05) is 31.2 Å². The van der Waals surface area contributed by atoms with E-state index in [1.807, 2.05) is 35.9 Å². The molecule has 9 heteroatoms. The van der Waals surface area contributed by atoms with Gasteiger partial charge in [-0.25, -0.2) is 4.98 Å². The number of fused-ring (bicyclic) bond motifs is 2. The third-order valence-corrected chi connectivity index (χ3v) is 5.85. The van der Waals surface area contributed by atoms with Crippen LogP contribution in [0.1, 0.15) is 25.6 Å². The summed E-state index contributed by atoms with van der Waals surface area (Å²) in [4.78, 5) is 42.5. The van der Waals surface area contributed by atoms with Gasteiger partial charge in [0.2, 0.25) is 0 Å². The van der Waals surface area contributed by atoms with Crippen molar-refractivity contribution < 1.29 is 9.59 Å². The SMILES string of the molecule is Cc1c(C(=O)NNC(=O)c2cn(C)c3ccccc23)sc2ncn(C)c(=O)c12. The fourth-order valence-corrected chi connectivity index (χ4v) is 4.22. The monoisotopic (exact) mass is 395 g/mol. The number of rotatable bonds is 2. The Morgan fingerprint density at radius 2 is 1.79 bits per heavy atom. The molecule has 3 aromatic heterocycles. The van der Waals surface area contributed by atoms with Crippen molar-refractivity contribution in [1.29, 1.82) is 0 Å². The van der Waals surface area contributed by atoms with Crippen molar-refractivity contribution in [3.8, 4) is 0 Å². The molecule has 0 fully saturated rings. The van der Waals surface area contributed by atoms with Crippen LogP contribution in [0.25, 0.3) is 21.1 Å². The number of hydrogen-bond donors (Lipinski definition) is 2. The summed E-state index contributed by atoms with van der Waals surface area (Å²) in [5.41, 5.74) is 6.60. The zero-order valence-corrected chi connectivity index (χ0v) is 16.3. The molecule has 0 spiro atoms. The molecule has 2 amide bonds. The van der Waals surface area contributed by atoms with Gasteiger partial charge in [0.15, 0.2) is 0 Å². The minimum Gasteiger partial charge on any atom is -0.350 e. The molecule has 28 heavy (non-hydrogen) atoms. The lowest BCUT2D eigenvalue weighted by Crippen LogP contribution is -2.41. The van der Waals surface area contributed by atoms with Gasteiger partial charge in [-0.05, 0) is 18.6 Å². The summed E-state index contributed by atoms with van der Waals surface area (Å²) >= 11 is 1.12. The maximum absolute atomic E-state index is 12.6. The number of hydrazine groups is 1. The van der Waals surface area contributed by atoms with E-state index < -0.39 is 11.8 Å². The van der Waals surface area contributed by atoms with E-state index in [4.69, 9.17) is 0 Å². The van der Waals surface area contributed by atoms with Gasteiger partial charge in [-0.2, -0.15) is 0 Å². The van der Waals surface area contributed by atoms with Gasteiger partial charge in [-0.1, -0.05) is 18.2 Å². The van der Waals surface area contributed by atoms with E-state index in [-0.39, 0.29) is 5.56 Å². The Hall–Kier alpha value is -3.46. The number of para-hydroxylation sites is 1. The summed E-state index contributed by atoms with van der Waals surface area (Å²) in [6.45, 7) is 1.70. The smallest absolute Gasteiger partial charge is 0.280 e. The van der Waals surface area contributed by atoms with Crippen LogP contribution < -0.4 is 16.4 Å². The minimum atomic E-state index is -0.490. The van der Waals surface area contributed by atoms with Crippen molar-refractivity contribution in [3.05, 3.63) is 63.1 Å². The van der Waals surface area contributed by atoms with Gasteiger partial charge in [0.1, 0.15) is 4.83 Å². The number of carbonyl (C=O) groups is 2. The van der Waals surface area contributed by atoms with Crippen LogP contribution in [-0.4, -0.2) is 25.9 Å². The maximum atomic E-state index is 12.6. The first kappa shape index (κ1) is 17.9. The molecule has 4 aromatic rings. The molecule has 1 aromatic carbocycles. The lowest BCUT2D eigenvalue weighted by molar-refractivity contribution is 0.0849. The number of thiophene rings is 1. The van der Waals surface area contributed by atoms with Gasteiger partial charge in [0.25, 0.3) is 17.4 Å². The van der Waals surface area contributed by atoms with E-state index in [2.05, 4.69) is 15.8 Å². The van der Waals surface area contributed by atoms with Crippen LogP contribution in [0.4, 0.5) is 0 Å². The molecule has 2 N–H and O–H groups in total. The molecule has 0 bridgehead atoms. The zero-order valence-electron chi connectivity index (χ0n) is 15.4. The second-order valence-electron chi connectivity index (χ2n) is 6.48. The van der Waals surface area contributed by atoms with Crippen molar-refractivity contribution in [2.24, 2.45) is 14.1 Å². The van der Waals surface area contributed by atoms with E-state index >= 15 is 0 Å². The number of aromatic nitrogens is 3. The molecular formula is C19H17N5O3S. The predicted octanol–water partition coefficient (Wildman–Crippen LogP) is 1.87. The van der Waals surface area contributed by atoms with E-state index in [0.717, 1.165) is 22.2 Å². The summed E-state index contributed by atoms with van der Waals surface area (Å²) in [6.07, 6.45) is 3.13. The van der Waals surface area contributed by atoms with Crippen LogP contribution in [0, 0.1) is 6.92 Å². The second kappa shape index (κ2) is 6.61. The third-order valence-electron chi connectivity index (χ3n) is 4.65. The first-order valence-electron chi connectivity index (χ1n) is 8.48. The molecule has 3 heterocycles. The Bertz CT molecular complexity index is 1310. The highest BCUT2D eigenvalue weighted by Gasteiger charge is 2.20. The molecule has 0 aliphatic heterocycles. The molecule has 0 saturated carbocycles. The van der Waals surface area contributed by atoms with E-state index in [0.29, 0.717) is 26.2 Å². The average Bonchev–Trinajstić information content (AvgIpc) is 3.21. The van der Waals surface area contributed by atoms with Gasteiger partial charge in [-0.15, -0.1) is 11.3 Å². The van der Waals surface area contributed by atoms with Crippen LogP contribution in [0.2, 0.25) is 0 Å². The maximum Gasteiger partial charge on any atom is 0.280 e. The van der Waals surface area contributed by atoms with E-state index in [1.54, 1.807) is 20.2 Å². The average molecular weight is 395 g/mol. The topological polar surface area (TPSA) is 98.0 Å². The van der Waals surface area contributed by atoms with Crippen molar-refractivity contribution in [1.82, 2.24) is 25.0 Å². The number of amides is 2. The van der Waals surface area contributed by atoms with E-state index in [1.165, 1.54) is 10.9 Å². The number of carbonyl (C=O) groups excluding carboxylic acids is 2. The molecule has 0 radical (unpaired) electrons. The fourth-order valence-electron chi connectivity index (χ4n) is 3.19. The fraction of sp³-hybridized carbons (Fsp3) is 0.158. The molecule has 0 aliphatic rings. The van der Waals surface area contributed by atoms with Gasteiger partial charge < -0.3 is 9.13 Å². The lowest BCUT2D eigenvalue weighted by Gasteiger charge is -2.06. The van der Waals surface area contributed by atoms with Crippen molar-refractivity contribution in [2.45, 2.75) is 6.92 Å². The number of nitrogens with zero attached hydrogens (tertiary/aromatic N) is 3. The quantitative estimate of drug-likeness (QED) is 0.506.